The second kappa shape index (κ2) is 4.00. The van der Waals surface area contributed by atoms with Gasteiger partial charge in [0.1, 0.15) is 6.23 Å². The van der Waals surface area contributed by atoms with E-state index < -0.39 is 0 Å². The van der Waals surface area contributed by atoms with E-state index in [-0.39, 0.29) is 30.4 Å². The molecule has 1 fully saturated rings. The molecule has 0 saturated carbocycles. The lowest BCUT2D eigenvalue weighted by molar-refractivity contribution is -0.0219. The minimum atomic E-state index is -0.361. The van der Waals surface area contributed by atoms with Crippen molar-refractivity contribution < 1.29 is 9.84 Å². The Morgan fingerprint density at radius 1 is 1.67 bits per heavy atom. The molecule has 0 aromatic carbocycles. The van der Waals surface area contributed by atoms with Crippen molar-refractivity contribution in [1.29, 1.82) is 0 Å². The summed E-state index contributed by atoms with van der Waals surface area (Å²) in [7, 11) is 0. The quantitative estimate of drug-likeness (QED) is 0.688. The molecule has 2 heterocycles. The molecule has 1 aromatic heterocycles. The van der Waals surface area contributed by atoms with Crippen LogP contribution in [-0.4, -0.2) is 27.4 Å². The van der Waals surface area contributed by atoms with Crippen molar-refractivity contribution in [3.05, 3.63) is 22.6 Å². The number of anilines is 1. The van der Waals surface area contributed by atoms with Gasteiger partial charge in [-0.25, -0.2) is 0 Å². The fourth-order valence-corrected chi connectivity index (χ4v) is 1.70. The molecule has 1 aromatic rings. The lowest BCUT2D eigenvalue weighted by Gasteiger charge is -2.16. The average molecular weight is 211 g/mol. The molecule has 1 aliphatic heterocycles. The fraction of sp³-hybridized carbons (Fsp3) is 0.556. The summed E-state index contributed by atoms with van der Waals surface area (Å²) < 4.78 is 7.12. The van der Waals surface area contributed by atoms with Crippen LogP contribution >= 0.6 is 0 Å². The zero-order valence-corrected chi connectivity index (χ0v) is 8.17. The number of aliphatic hydroxyl groups is 1. The molecule has 2 rings (SSSR count). The van der Waals surface area contributed by atoms with Gasteiger partial charge in [-0.3, -0.25) is 9.36 Å². The Morgan fingerprint density at radius 2 is 2.47 bits per heavy atom. The third-order valence-electron chi connectivity index (χ3n) is 2.47. The van der Waals surface area contributed by atoms with Crippen LogP contribution in [0.25, 0.3) is 0 Å². The number of ether oxygens (including phenoxy) is 1. The highest BCUT2D eigenvalue weighted by atomic mass is 16.5. The first-order chi connectivity index (χ1) is 7.20. The van der Waals surface area contributed by atoms with Gasteiger partial charge in [-0.05, 0) is 12.8 Å². The molecular formula is C9H13N3O3. The van der Waals surface area contributed by atoms with E-state index in [2.05, 4.69) is 4.98 Å². The van der Waals surface area contributed by atoms with E-state index in [1.54, 1.807) is 10.8 Å². The minimum Gasteiger partial charge on any atom is -0.394 e. The van der Waals surface area contributed by atoms with E-state index in [1.807, 2.05) is 0 Å². The van der Waals surface area contributed by atoms with Gasteiger partial charge < -0.3 is 15.6 Å². The van der Waals surface area contributed by atoms with E-state index in [9.17, 15) is 4.79 Å². The van der Waals surface area contributed by atoms with Crippen molar-refractivity contribution >= 4 is 5.95 Å². The molecule has 0 bridgehead atoms. The SMILES string of the molecule is Nc1nc(=O)ccn1[C@H]1CC[C@@H](CO)O1. The first-order valence-corrected chi connectivity index (χ1v) is 4.81. The fourth-order valence-electron chi connectivity index (χ4n) is 1.70. The molecule has 2 atom stereocenters. The van der Waals surface area contributed by atoms with Crippen LogP contribution in [0.15, 0.2) is 17.1 Å². The van der Waals surface area contributed by atoms with Crippen LogP contribution in [0.3, 0.4) is 0 Å². The maximum Gasteiger partial charge on any atom is 0.274 e. The number of aliphatic hydroxyl groups excluding tert-OH is 1. The Bertz CT molecular complexity index is 404. The monoisotopic (exact) mass is 211 g/mol. The second-order valence-corrected chi connectivity index (χ2v) is 3.50. The summed E-state index contributed by atoms with van der Waals surface area (Å²) >= 11 is 0. The van der Waals surface area contributed by atoms with Gasteiger partial charge in [0.15, 0.2) is 0 Å². The first kappa shape index (κ1) is 10.1. The maximum absolute atomic E-state index is 10.9. The molecule has 6 heteroatoms. The summed E-state index contributed by atoms with van der Waals surface area (Å²) in [5.74, 6) is 0.145. The largest absolute Gasteiger partial charge is 0.394 e. The predicted molar refractivity (Wildman–Crippen MR) is 53.1 cm³/mol. The van der Waals surface area contributed by atoms with Gasteiger partial charge in [-0.15, -0.1) is 0 Å². The topological polar surface area (TPSA) is 90.4 Å². The maximum atomic E-state index is 10.9. The molecule has 1 aliphatic rings. The highest BCUT2D eigenvalue weighted by Crippen LogP contribution is 2.28. The summed E-state index contributed by atoms with van der Waals surface area (Å²) in [6.07, 6.45) is 2.74. The van der Waals surface area contributed by atoms with Crippen molar-refractivity contribution in [2.75, 3.05) is 12.3 Å². The molecule has 0 amide bonds. The van der Waals surface area contributed by atoms with Crippen molar-refractivity contribution in [3.8, 4) is 0 Å². The molecule has 15 heavy (non-hydrogen) atoms. The average Bonchev–Trinajstić information content (AvgIpc) is 2.66. The standard InChI is InChI=1S/C9H13N3O3/c10-9-11-7(14)3-4-12(9)8-2-1-6(5-13)15-8/h3-4,6,8,13H,1-2,5H2,(H2,10,11,14)/t6-,8+/m0/s1. The summed E-state index contributed by atoms with van der Waals surface area (Å²) in [5, 5.41) is 8.91. The van der Waals surface area contributed by atoms with Gasteiger partial charge in [0.25, 0.3) is 5.56 Å². The predicted octanol–water partition coefficient (Wildman–Crippen LogP) is -0.505. The van der Waals surface area contributed by atoms with E-state index in [1.165, 1.54) is 6.07 Å². The molecule has 0 unspecified atom stereocenters. The Balaban J connectivity index is 2.20. The molecule has 82 valence electrons. The zero-order chi connectivity index (χ0) is 10.8. The third kappa shape index (κ3) is 2.00. The van der Waals surface area contributed by atoms with E-state index >= 15 is 0 Å². The van der Waals surface area contributed by atoms with E-state index in [4.69, 9.17) is 15.6 Å². The lowest BCUT2D eigenvalue weighted by atomic mass is 10.2. The number of nitrogen functional groups attached to an aromatic ring is 1. The van der Waals surface area contributed by atoms with Gasteiger partial charge in [0, 0.05) is 12.3 Å². The van der Waals surface area contributed by atoms with Crippen LogP contribution in [0, 0.1) is 0 Å². The van der Waals surface area contributed by atoms with Gasteiger partial charge >= 0.3 is 0 Å². The van der Waals surface area contributed by atoms with Crippen LogP contribution in [-0.2, 0) is 4.74 Å². The van der Waals surface area contributed by atoms with Gasteiger partial charge in [0.05, 0.1) is 12.7 Å². The van der Waals surface area contributed by atoms with Crippen molar-refractivity contribution in [3.63, 3.8) is 0 Å². The van der Waals surface area contributed by atoms with Crippen molar-refractivity contribution in [2.45, 2.75) is 25.2 Å². The number of nitrogens with two attached hydrogens (primary N) is 1. The molecule has 3 N–H and O–H groups in total. The summed E-state index contributed by atoms with van der Waals surface area (Å²) in [6, 6.07) is 1.34. The molecule has 0 radical (unpaired) electrons. The third-order valence-corrected chi connectivity index (χ3v) is 2.47. The highest BCUT2D eigenvalue weighted by molar-refractivity contribution is 5.16. The normalized spacial score (nSPS) is 25.7. The smallest absolute Gasteiger partial charge is 0.274 e. The number of hydrogen-bond donors (Lipinski definition) is 2. The highest BCUT2D eigenvalue weighted by Gasteiger charge is 2.26. The summed E-state index contributed by atoms with van der Waals surface area (Å²) in [4.78, 5) is 14.5. The number of aromatic nitrogens is 2. The van der Waals surface area contributed by atoms with E-state index in [0.29, 0.717) is 0 Å². The minimum absolute atomic E-state index is 0.00400. The Morgan fingerprint density at radius 3 is 3.07 bits per heavy atom. The van der Waals surface area contributed by atoms with Crippen molar-refractivity contribution in [2.24, 2.45) is 0 Å². The van der Waals surface area contributed by atoms with Gasteiger partial charge in [-0.1, -0.05) is 0 Å². The Hall–Kier alpha value is -1.40. The van der Waals surface area contributed by atoms with Crippen LogP contribution in [0.4, 0.5) is 5.95 Å². The first-order valence-electron chi connectivity index (χ1n) is 4.81. The van der Waals surface area contributed by atoms with Crippen LogP contribution in [0.5, 0.6) is 0 Å². The second-order valence-electron chi connectivity index (χ2n) is 3.50. The molecule has 1 saturated heterocycles. The number of hydrogen-bond acceptors (Lipinski definition) is 5. The summed E-state index contributed by atoms with van der Waals surface area (Å²) in [5.41, 5.74) is 5.24. The summed E-state index contributed by atoms with van der Waals surface area (Å²) in [6.45, 7) is 0.00400. The number of rotatable bonds is 2. The van der Waals surface area contributed by atoms with Crippen LogP contribution in [0.2, 0.25) is 0 Å². The number of nitrogens with zero attached hydrogens (tertiary/aromatic N) is 2. The lowest BCUT2D eigenvalue weighted by Crippen LogP contribution is -2.20. The molecule has 0 aliphatic carbocycles. The molecular weight excluding hydrogens is 198 g/mol. The Kier molecular flexibility index (Phi) is 2.70. The molecule has 6 nitrogen and oxygen atoms in total. The van der Waals surface area contributed by atoms with Gasteiger partial charge in [0.2, 0.25) is 5.95 Å². The van der Waals surface area contributed by atoms with E-state index in [0.717, 1.165) is 12.8 Å². The van der Waals surface area contributed by atoms with Crippen LogP contribution in [0.1, 0.15) is 19.1 Å². The zero-order valence-electron chi connectivity index (χ0n) is 8.17. The van der Waals surface area contributed by atoms with Gasteiger partial charge in [-0.2, -0.15) is 4.98 Å². The Labute approximate surface area is 86.3 Å². The van der Waals surface area contributed by atoms with Crippen molar-refractivity contribution in [1.82, 2.24) is 9.55 Å². The van der Waals surface area contributed by atoms with Crippen LogP contribution < -0.4 is 11.3 Å². The molecule has 0 spiro atoms.